The predicted molar refractivity (Wildman–Crippen MR) is 119 cm³/mol. The Labute approximate surface area is 179 Å². The zero-order valence-corrected chi connectivity index (χ0v) is 17.5. The summed E-state index contributed by atoms with van der Waals surface area (Å²) in [5.41, 5.74) is 6.44. The molecular formula is C21H23N3O3S2. The van der Waals surface area contributed by atoms with Crippen LogP contribution < -0.4 is 15.8 Å². The number of rotatable bonds is 9. The molecule has 29 heavy (non-hydrogen) atoms. The minimum atomic E-state index is -0.457. The number of nitrogens with zero attached hydrogens (tertiary/aromatic N) is 1. The molecule has 8 heteroatoms. The van der Waals surface area contributed by atoms with Crippen LogP contribution in [0.1, 0.15) is 18.4 Å². The van der Waals surface area contributed by atoms with Crippen LogP contribution >= 0.6 is 24.0 Å². The van der Waals surface area contributed by atoms with Crippen molar-refractivity contribution in [3.05, 3.63) is 60.2 Å². The van der Waals surface area contributed by atoms with E-state index < -0.39 is 5.25 Å². The largest absolute Gasteiger partial charge is 0.457 e. The van der Waals surface area contributed by atoms with Crippen molar-refractivity contribution in [1.82, 2.24) is 10.2 Å². The van der Waals surface area contributed by atoms with Crippen LogP contribution in [0.15, 0.2) is 54.6 Å². The molecule has 1 atom stereocenters. The zero-order valence-electron chi connectivity index (χ0n) is 15.9. The smallest absolute Gasteiger partial charge is 0.242 e. The molecule has 6 nitrogen and oxygen atoms in total. The highest BCUT2D eigenvalue weighted by atomic mass is 32.2. The van der Waals surface area contributed by atoms with Gasteiger partial charge in [-0.15, -0.1) is 0 Å². The molecule has 3 N–H and O–H groups in total. The van der Waals surface area contributed by atoms with Gasteiger partial charge in [0.1, 0.15) is 15.8 Å². The van der Waals surface area contributed by atoms with E-state index in [9.17, 15) is 9.59 Å². The third-order valence-corrected chi connectivity index (χ3v) is 5.94. The second kappa shape index (κ2) is 10.4. The number of thiocarbonyl (C=S) groups is 1. The Morgan fingerprint density at radius 3 is 2.52 bits per heavy atom. The lowest BCUT2D eigenvalue weighted by Gasteiger charge is -2.14. The Hall–Kier alpha value is -2.42. The maximum atomic E-state index is 12.4. The minimum Gasteiger partial charge on any atom is -0.457 e. The topological polar surface area (TPSA) is 84.7 Å². The molecule has 0 aromatic heterocycles. The molecule has 0 aliphatic carbocycles. The fourth-order valence-electron chi connectivity index (χ4n) is 2.82. The Morgan fingerprint density at radius 1 is 1.14 bits per heavy atom. The normalized spacial score (nSPS) is 16.2. The van der Waals surface area contributed by atoms with E-state index in [1.165, 1.54) is 11.8 Å². The molecule has 0 bridgehead atoms. The first kappa shape index (κ1) is 21.3. The van der Waals surface area contributed by atoms with E-state index in [1.54, 1.807) is 4.90 Å². The van der Waals surface area contributed by atoms with Gasteiger partial charge in [0, 0.05) is 19.5 Å². The van der Waals surface area contributed by atoms with Gasteiger partial charge in [-0.3, -0.25) is 14.5 Å². The molecule has 2 aromatic rings. The first-order valence-corrected chi connectivity index (χ1v) is 10.7. The predicted octanol–water partition coefficient (Wildman–Crippen LogP) is 3.06. The number of hydrogen-bond acceptors (Lipinski definition) is 6. The number of ether oxygens (including phenoxy) is 1. The number of para-hydroxylation sites is 1. The first-order chi connectivity index (χ1) is 14.1. The minimum absolute atomic E-state index is 0.106. The van der Waals surface area contributed by atoms with E-state index in [2.05, 4.69) is 5.32 Å². The molecule has 1 saturated heterocycles. The van der Waals surface area contributed by atoms with E-state index in [0.29, 0.717) is 30.4 Å². The third-order valence-electron chi connectivity index (χ3n) is 4.35. The SMILES string of the molecule is NCCCN1C(=O)C(CC(=O)NCc2ccc(Oc3ccccc3)cc2)SC1=S. The molecule has 1 fully saturated rings. The maximum absolute atomic E-state index is 12.4. The van der Waals surface area contributed by atoms with Crippen molar-refractivity contribution in [2.45, 2.75) is 24.6 Å². The summed E-state index contributed by atoms with van der Waals surface area (Å²) in [5, 5.41) is 2.40. The number of amides is 2. The van der Waals surface area contributed by atoms with Crippen LogP contribution in [0.4, 0.5) is 0 Å². The first-order valence-electron chi connectivity index (χ1n) is 9.37. The Balaban J connectivity index is 1.46. The summed E-state index contributed by atoms with van der Waals surface area (Å²) in [7, 11) is 0. The molecule has 2 aromatic carbocycles. The monoisotopic (exact) mass is 429 g/mol. The van der Waals surface area contributed by atoms with Crippen LogP contribution in [-0.2, 0) is 16.1 Å². The summed E-state index contributed by atoms with van der Waals surface area (Å²) in [6.45, 7) is 1.39. The number of thioether (sulfide) groups is 1. The van der Waals surface area contributed by atoms with Gasteiger partial charge in [0.25, 0.3) is 0 Å². The van der Waals surface area contributed by atoms with Crippen molar-refractivity contribution < 1.29 is 14.3 Å². The van der Waals surface area contributed by atoms with Gasteiger partial charge in [-0.05, 0) is 42.8 Å². The highest BCUT2D eigenvalue weighted by Gasteiger charge is 2.37. The molecule has 0 radical (unpaired) electrons. The van der Waals surface area contributed by atoms with E-state index in [1.807, 2.05) is 54.6 Å². The number of carbonyl (C=O) groups excluding carboxylic acids is 2. The number of nitrogens with one attached hydrogen (secondary N) is 1. The van der Waals surface area contributed by atoms with Gasteiger partial charge in [-0.25, -0.2) is 0 Å². The maximum Gasteiger partial charge on any atom is 0.242 e. The van der Waals surface area contributed by atoms with Crippen LogP contribution in [-0.4, -0.2) is 39.4 Å². The molecule has 2 amide bonds. The zero-order chi connectivity index (χ0) is 20.6. The molecule has 0 saturated carbocycles. The summed E-state index contributed by atoms with van der Waals surface area (Å²) < 4.78 is 6.28. The number of carbonyl (C=O) groups is 2. The van der Waals surface area contributed by atoms with Crippen LogP contribution in [0.3, 0.4) is 0 Å². The summed E-state index contributed by atoms with van der Waals surface area (Å²) in [4.78, 5) is 26.2. The average molecular weight is 430 g/mol. The molecule has 1 unspecified atom stereocenters. The van der Waals surface area contributed by atoms with E-state index >= 15 is 0 Å². The molecular weight excluding hydrogens is 406 g/mol. The second-order valence-corrected chi connectivity index (χ2v) is 8.38. The lowest BCUT2D eigenvalue weighted by molar-refractivity contribution is -0.129. The molecule has 3 rings (SSSR count). The fraction of sp³-hybridized carbons (Fsp3) is 0.286. The summed E-state index contributed by atoms with van der Waals surface area (Å²) in [6.07, 6.45) is 0.799. The van der Waals surface area contributed by atoms with Crippen molar-refractivity contribution in [3.63, 3.8) is 0 Å². The van der Waals surface area contributed by atoms with Crippen LogP contribution in [0, 0.1) is 0 Å². The van der Waals surface area contributed by atoms with E-state index in [-0.39, 0.29) is 18.2 Å². The third kappa shape index (κ3) is 6.03. The number of hydrogen-bond donors (Lipinski definition) is 2. The molecule has 1 heterocycles. The molecule has 1 aliphatic rings. The van der Waals surface area contributed by atoms with Gasteiger partial charge >= 0.3 is 0 Å². The standard InChI is InChI=1S/C21H23N3O3S2/c22-11-4-12-24-20(26)18(29-21(24)28)13-19(25)23-14-15-7-9-17(10-8-15)27-16-5-2-1-3-6-16/h1-3,5-10,18H,4,11-14,22H2,(H,23,25). The van der Waals surface area contributed by atoms with Crippen molar-refractivity contribution in [3.8, 4) is 11.5 Å². The van der Waals surface area contributed by atoms with Gasteiger partial charge < -0.3 is 15.8 Å². The molecule has 152 valence electrons. The lowest BCUT2D eigenvalue weighted by atomic mass is 10.2. The number of nitrogens with two attached hydrogens (primary N) is 1. The summed E-state index contributed by atoms with van der Waals surface area (Å²) >= 11 is 6.52. The second-order valence-electron chi connectivity index (χ2n) is 6.54. The fourth-order valence-corrected chi connectivity index (χ4v) is 4.36. The highest BCUT2D eigenvalue weighted by Crippen LogP contribution is 2.29. The average Bonchev–Trinajstić information content (AvgIpc) is 2.99. The van der Waals surface area contributed by atoms with Gasteiger partial charge in [-0.2, -0.15) is 0 Å². The van der Waals surface area contributed by atoms with Crippen LogP contribution in [0.25, 0.3) is 0 Å². The highest BCUT2D eigenvalue weighted by molar-refractivity contribution is 8.24. The van der Waals surface area contributed by atoms with Gasteiger partial charge in [-0.1, -0.05) is 54.3 Å². The lowest BCUT2D eigenvalue weighted by Crippen LogP contribution is -2.35. The van der Waals surface area contributed by atoms with E-state index in [0.717, 1.165) is 17.1 Å². The number of benzene rings is 2. The summed E-state index contributed by atoms with van der Waals surface area (Å²) in [6, 6.07) is 17.1. The van der Waals surface area contributed by atoms with Crippen molar-refractivity contribution in [1.29, 1.82) is 0 Å². The van der Waals surface area contributed by atoms with E-state index in [4.69, 9.17) is 22.7 Å². The quantitative estimate of drug-likeness (QED) is 0.596. The van der Waals surface area contributed by atoms with Crippen molar-refractivity contribution >= 4 is 40.1 Å². The van der Waals surface area contributed by atoms with Gasteiger partial charge in [0.05, 0.1) is 5.25 Å². The van der Waals surface area contributed by atoms with Crippen LogP contribution in [0.2, 0.25) is 0 Å². The van der Waals surface area contributed by atoms with Crippen LogP contribution in [0.5, 0.6) is 11.5 Å². The molecule has 1 aliphatic heterocycles. The molecule has 0 spiro atoms. The van der Waals surface area contributed by atoms with Crippen molar-refractivity contribution in [2.75, 3.05) is 13.1 Å². The van der Waals surface area contributed by atoms with Gasteiger partial charge in [0.2, 0.25) is 11.8 Å². The Bertz CT molecular complexity index is 859. The Kier molecular flexibility index (Phi) is 7.62. The Morgan fingerprint density at radius 2 is 1.83 bits per heavy atom. The van der Waals surface area contributed by atoms with Crippen molar-refractivity contribution in [2.24, 2.45) is 5.73 Å². The van der Waals surface area contributed by atoms with Gasteiger partial charge in [0.15, 0.2) is 0 Å². The summed E-state index contributed by atoms with van der Waals surface area (Å²) in [5.74, 6) is 1.21.